The molecule has 104 valence electrons. The minimum atomic E-state index is -1.02. The van der Waals surface area contributed by atoms with Crippen molar-refractivity contribution in [3.05, 3.63) is 12.4 Å². The summed E-state index contributed by atoms with van der Waals surface area (Å²) in [4.78, 5) is 32.7. The van der Waals surface area contributed by atoms with E-state index < -0.39 is 12.0 Å². The summed E-state index contributed by atoms with van der Waals surface area (Å²) < 4.78 is 1.18. The molecule has 3 amide bonds. The van der Waals surface area contributed by atoms with Gasteiger partial charge in [0.25, 0.3) is 0 Å². The fourth-order valence-corrected chi connectivity index (χ4v) is 1.24. The molecule has 0 atom stereocenters. The second-order valence-electron chi connectivity index (χ2n) is 3.62. The number of hydrogen-bond donors (Lipinski definition) is 4. The summed E-state index contributed by atoms with van der Waals surface area (Å²) in [6.07, 6.45) is 2.91. The highest BCUT2D eigenvalue weighted by Gasteiger charge is 2.06. The van der Waals surface area contributed by atoms with Crippen molar-refractivity contribution in [2.75, 3.05) is 18.9 Å². The third-order valence-corrected chi connectivity index (χ3v) is 2.10. The molecule has 19 heavy (non-hydrogen) atoms. The van der Waals surface area contributed by atoms with Gasteiger partial charge in [0.2, 0.25) is 5.91 Å². The number of amides is 3. The Morgan fingerprint density at radius 3 is 2.79 bits per heavy atom. The number of aliphatic carboxylic acids is 1. The number of carbonyl (C=O) groups is 3. The molecule has 0 bridgehead atoms. The van der Waals surface area contributed by atoms with Gasteiger partial charge in [-0.05, 0) is 0 Å². The number of aromatic nitrogens is 2. The smallest absolute Gasteiger partial charge is 0.325 e. The van der Waals surface area contributed by atoms with E-state index in [9.17, 15) is 14.4 Å². The number of carbonyl (C=O) groups excluding carboxylic acids is 2. The predicted molar refractivity (Wildman–Crippen MR) is 65.6 cm³/mol. The standard InChI is InChI=1S/C10H15N5O4/c1-11-8(16)2-3-12-10(19)14-7-4-13-15(5-7)6-9(17)18/h4-5H,2-3,6H2,1H3,(H,11,16)(H,17,18)(H2,12,14,19). The Bertz CT molecular complexity index is 470. The molecule has 0 saturated carbocycles. The van der Waals surface area contributed by atoms with Crippen LogP contribution in [0.5, 0.6) is 0 Å². The van der Waals surface area contributed by atoms with E-state index in [2.05, 4.69) is 21.0 Å². The van der Waals surface area contributed by atoms with Gasteiger partial charge in [-0.15, -0.1) is 0 Å². The molecule has 1 aromatic heterocycles. The minimum Gasteiger partial charge on any atom is -0.480 e. The number of nitrogens with zero attached hydrogens (tertiary/aromatic N) is 2. The summed E-state index contributed by atoms with van der Waals surface area (Å²) in [5.41, 5.74) is 0.374. The van der Waals surface area contributed by atoms with Crippen LogP contribution in [0.15, 0.2) is 12.4 Å². The quantitative estimate of drug-likeness (QED) is 0.539. The Hall–Kier alpha value is -2.58. The zero-order valence-electron chi connectivity index (χ0n) is 10.3. The molecule has 0 saturated heterocycles. The number of rotatable bonds is 6. The van der Waals surface area contributed by atoms with E-state index in [1.165, 1.54) is 24.1 Å². The minimum absolute atomic E-state index is 0.172. The number of urea groups is 1. The van der Waals surface area contributed by atoms with Crippen LogP contribution in [0.1, 0.15) is 6.42 Å². The van der Waals surface area contributed by atoms with E-state index in [0.29, 0.717) is 5.69 Å². The highest BCUT2D eigenvalue weighted by atomic mass is 16.4. The van der Waals surface area contributed by atoms with Crippen molar-refractivity contribution in [3.63, 3.8) is 0 Å². The summed E-state index contributed by atoms with van der Waals surface area (Å²) in [6.45, 7) is -0.0747. The molecular formula is C10H15N5O4. The van der Waals surface area contributed by atoms with Crippen LogP contribution in [-0.2, 0) is 16.1 Å². The van der Waals surface area contributed by atoms with Crippen LogP contribution in [0.4, 0.5) is 10.5 Å². The third-order valence-electron chi connectivity index (χ3n) is 2.10. The maximum Gasteiger partial charge on any atom is 0.325 e. The summed E-state index contributed by atoms with van der Waals surface area (Å²) in [5.74, 6) is -1.20. The van der Waals surface area contributed by atoms with Crippen molar-refractivity contribution in [2.45, 2.75) is 13.0 Å². The number of carboxylic acid groups (broad SMARTS) is 1. The van der Waals surface area contributed by atoms with Crippen molar-refractivity contribution in [2.24, 2.45) is 0 Å². The van der Waals surface area contributed by atoms with Crippen molar-refractivity contribution >= 4 is 23.6 Å². The first-order valence-electron chi connectivity index (χ1n) is 5.51. The molecule has 0 radical (unpaired) electrons. The van der Waals surface area contributed by atoms with E-state index in [4.69, 9.17) is 5.11 Å². The summed E-state index contributed by atoms with van der Waals surface area (Å²) in [5, 5.41) is 19.7. The van der Waals surface area contributed by atoms with Crippen molar-refractivity contribution in [3.8, 4) is 0 Å². The van der Waals surface area contributed by atoms with Gasteiger partial charge in [0.05, 0.1) is 11.9 Å². The van der Waals surface area contributed by atoms with Gasteiger partial charge in [-0.3, -0.25) is 14.3 Å². The van der Waals surface area contributed by atoms with Crippen molar-refractivity contribution in [1.82, 2.24) is 20.4 Å². The maximum absolute atomic E-state index is 11.4. The van der Waals surface area contributed by atoms with Crippen molar-refractivity contribution in [1.29, 1.82) is 0 Å². The van der Waals surface area contributed by atoms with Crippen LogP contribution in [0.3, 0.4) is 0 Å². The van der Waals surface area contributed by atoms with Crippen molar-refractivity contribution < 1.29 is 19.5 Å². The lowest BCUT2D eigenvalue weighted by atomic mass is 10.4. The third kappa shape index (κ3) is 5.52. The van der Waals surface area contributed by atoms with Gasteiger partial charge in [0.15, 0.2) is 0 Å². The number of carboxylic acids is 1. The maximum atomic E-state index is 11.4. The van der Waals surface area contributed by atoms with Crippen LogP contribution >= 0.6 is 0 Å². The molecule has 0 spiro atoms. The monoisotopic (exact) mass is 269 g/mol. The average molecular weight is 269 g/mol. The summed E-state index contributed by atoms with van der Waals surface area (Å²) in [7, 11) is 1.51. The average Bonchev–Trinajstić information content (AvgIpc) is 2.75. The van der Waals surface area contributed by atoms with E-state index in [1.807, 2.05) is 0 Å². The van der Waals surface area contributed by atoms with E-state index >= 15 is 0 Å². The van der Waals surface area contributed by atoms with E-state index in [-0.39, 0.29) is 25.4 Å². The van der Waals surface area contributed by atoms with Gasteiger partial charge in [-0.25, -0.2) is 4.79 Å². The fraction of sp³-hybridized carbons (Fsp3) is 0.400. The normalized spacial score (nSPS) is 9.74. The first-order chi connectivity index (χ1) is 9.01. The summed E-state index contributed by atoms with van der Waals surface area (Å²) in [6, 6.07) is -0.487. The Morgan fingerprint density at radius 1 is 1.42 bits per heavy atom. The lowest BCUT2D eigenvalue weighted by molar-refractivity contribution is -0.137. The first kappa shape index (κ1) is 14.5. The molecule has 9 heteroatoms. The number of hydrogen-bond acceptors (Lipinski definition) is 4. The Labute approximate surface area is 109 Å². The highest BCUT2D eigenvalue weighted by Crippen LogP contribution is 2.04. The molecule has 0 aliphatic heterocycles. The second kappa shape index (κ2) is 6.99. The van der Waals surface area contributed by atoms with Crippen LogP contribution in [0, 0.1) is 0 Å². The predicted octanol–water partition coefficient (Wildman–Crippen LogP) is -0.775. The lowest BCUT2D eigenvalue weighted by Gasteiger charge is -2.04. The second-order valence-corrected chi connectivity index (χ2v) is 3.62. The Balaban J connectivity index is 2.34. The fourth-order valence-electron chi connectivity index (χ4n) is 1.24. The Kier molecular flexibility index (Phi) is 5.33. The topological polar surface area (TPSA) is 125 Å². The van der Waals surface area contributed by atoms with Gasteiger partial charge in [-0.2, -0.15) is 5.10 Å². The molecule has 0 aliphatic carbocycles. The lowest BCUT2D eigenvalue weighted by Crippen LogP contribution is -2.32. The molecule has 0 unspecified atom stereocenters. The van der Waals surface area contributed by atoms with Crippen LogP contribution in [0.2, 0.25) is 0 Å². The van der Waals surface area contributed by atoms with Gasteiger partial charge in [-0.1, -0.05) is 0 Å². The Morgan fingerprint density at radius 2 is 2.16 bits per heavy atom. The number of anilines is 1. The first-order valence-corrected chi connectivity index (χ1v) is 5.51. The molecule has 0 aliphatic rings. The summed E-state index contributed by atoms with van der Waals surface area (Å²) >= 11 is 0. The molecule has 4 N–H and O–H groups in total. The zero-order chi connectivity index (χ0) is 14.3. The van der Waals surface area contributed by atoms with Crippen LogP contribution in [0.25, 0.3) is 0 Å². The molecule has 9 nitrogen and oxygen atoms in total. The van der Waals surface area contributed by atoms with Crippen LogP contribution < -0.4 is 16.0 Å². The van der Waals surface area contributed by atoms with Crippen LogP contribution in [-0.4, -0.2) is 46.4 Å². The highest BCUT2D eigenvalue weighted by molar-refractivity contribution is 5.89. The molecule has 0 fully saturated rings. The molecule has 1 rings (SSSR count). The van der Waals surface area contributed by atoms with Gasteiger partial charge < -0.3 is 21.1 Å². The SMILES string of the molecule is CNC(=O)CCNC(=O)Nc1cnn(CC(=O)O)c1. The van der Waals surface area contributed by atoms with E-state index in [0.717, 1.165) is 0 Å². The van der Waals surface area contributed by atoms with Gasteiger partial charge in [0.1, 0.15) is 6.54 Å². The van der Waals surface area contributed by atoms with Gasteiger partial charge in [0, 0.05) is 26.2 Å². The molecule has 1 heterocycles. The zero-order valence-corrected chi connectivity index (χ0v) is 10.3. The van der Waals surface area contributed by atoms with E-state index in [1.54, 1.807) is 0 Å². The van der Waals surface area contributed by atoms with Gasteiger partial charge >= 0.3 is 12.0 Å². The molecule has 1 aromatic rings. The molecular weight excluding hydrogens is 254 g/mol. The number of nitrogens with one attached hydrogen (secondary N) is 3. The molecule has 0 aromatic carbocycles. The largest absolute Gasteiger partial charge is 0.480 e.